The van der Waals surface area contributed by atoms with Crippen LogP contribution in [-0.4, -0.2) is 43.9 Å². The molecule has 1 aromatic carbocycles. The minimum atomic E-state index is -0.848. The first-order valence-electron chi connectivity index (χ1n) is 9.18. The van der Waals surface area contributed by atoms with Gasteiger partial charge < -0.3 is 24.6 Å². The van der Waals surface area contributed by atoms with Crippen LogP contribution in [-0.2, 0) is 16.0 Å². The molecule has 27 heavy (non-hydrogen) atoms. The average Bonchev–Trinajstić information content (AvgIpc) is 2.64. The lowest BCUT2D eigenvalue weighted by atomic mass is 9.74. The first-order valence-corrected chi connectivity index (χ1v) is 9.18. The number of methoxy groups -OCH3 is 3. The van der Waals surface area contributed by atoms with Crippen LogP contribution in [0.15, 0.2) is 12.1 Å². The molecule has 0 radical (unpaired) electrons. The Morgan fingerprint density at radius 2 is 1.85 bits per heavy atom. The lowest BCUT2D eigenvalue weighted by Gasteiger charge is -2.39. The third-order valence-corrected chi connectivity index (χ3v) is 5.34. The maximum atomic E-state index is 12.5. The minimum Gasteiger partial charge on any atom is -0.493 e. The second-order valence-electron chi connectivity index (χ2n) is 7.10. The van der Waals surface area contributed by atoms with E-state index >= 15 is 0 Å². The molecule has 7 nitrogen and oxygen atoms in total. The van der Waals surface area contributed by atoms with Gasteiger partial charge >= 0.3 is 5.97 Å². The van der Waals surface area contributed by atoms with Crippen LogP contribution in [0.25, 0.3) is 0 Å². The van der Waals surface area contributed by atoms with Gasteiger partial charge in [0.15, 0.2) is 11.5 Å². The quantitative estimate of drug-likeness (QED) is 0.721. The van der Waals surface area contributed by atoms with Crippen LogP contribution in [0.1, 0.15) is 44.6 Å². The van der Waals surface area contributed by atoms with Gasteiger partial charge in [0.25, 0.3) is 0 Å². The van der Waals surface area contributed by atoms with Gasteiger partial charge in [0, 0.05) is 6.42 Å². The topological polar surface area (TPSA) is 94.1 Å². The number of carboxylic acid groups (broad SMARTS) is 1. The fourth-order valence-electron chi connectivity index (χ4n) is 3.87. The van der Waals surface area contributed by atoms with Gasteiger partial charge in [-0.05, 0) is 37.8 Å². The maximum absolute atomic E-state index is 12.5. The molecule has 150 valence electrons. The highest BCUT2D eigenvalue weighted by atomic mass is 16.5. The monoisotopic (exact) mass is 379 g/mol. The molecule has 7 heteroatoms. The Balaban J connectivity index is 2.08. The summed E-state index contributed by atoms with van der Waals surface area (Å²) in [5.74, 6) is 0.0222. The molecule has 1 aliphatic carbocycles. The molecule has 1 aromatic rings. The molecule has 0 saturated heterocycles. The molecule has 1 saturated carbocycles. The van der Waals surface area contributed by atoms with Crippen molar-refractivity contribution in [2.45, 2.75) is 51.0 Å². The average molecular weight is 379 g/mol. The van der Waals surface area contributed by atoms with Crippen molar-refractivity contribution < 1.29 is 28.9 Å². The molecule has 0 aliphatic heterocycles. The highest BCUT2D eigenvalue weighted by Gasteiger charge is 2.42. The Labute approximate surface area is 160 Å². The molecule has 0 bridgehead atoms. The first-order chi connectivity index (χ1) is 12.9. The number of ether oxygens (including phenoxy) is 3. The van der Waals surface area contributed by atoms with Gasteiger partial charge in [0.1, 0.15) is 0 Å². The lowest BCUT2D eigenvalue weighted by Crippen LogP contribution is -2.55. The van der Waals surface area contributed by atoms with E-state index < -0.39 is 17.4 Å². The third-order valence-electron chi connectivity index (χ3n) is 5.34. The van der Waals surface area contributed by atoms with E-state index in [-0.39, 0.29) is 12.3 Å². The molecule has 0 heterocycles. The van der Waals surface area contributed by atoms with Gasteiger partial charge in [-0.2, -0.15) is 0 Å². The van der Waals surface area contributed by atoms with Crippen molar-refractivity contribution in [2.24, 2.45) is 5.92 Å². The predicted molar refractivity (Wildman–Crippen MR) is 101 cm³/mol. The van der Waals surface area contributed by atoms with Gasteiger partial charge in [-0.25, -0.2) is 0 Å². The summed E-state index contributed by atoms with van der Waals surface area (Å²) in [5.41, 5.74) is 0.122. The second-order valence-corrected chi connectivity index (χ2v) is 7.10. The van der Waals surface area contributed by atoms with E-state index in [0.717, 1.165) is 18.4 Å². The molecule has 2 unspecified atom stereocenters. The zero-order valence-electron chi connectivity index (χ0n) is 16.5. The van der Waals surface area contributed by atoms with E-state index in [1.807, 2.05) is 13.0 Å². The summed E-state index contributed by atoms with van der Waals surface area (Å²) in [4.78, 5) is 24.1. The molecule has 1 fully saturated rings. The van der Waals surface area contributed by atoms with Crippen molar-refractivity contribution in [3.63, 3.8) is 0 Å². The normalized spacial score (nSPS) is 22.0. The molecule has 1 amide bonds. The van der Waals surface area contributed by atoms with Gasteiger partial charge in [0.05, 0.1) is 32.8 Å². The Bertz CT molecular complexity index is 689. The summed E-state index contributed by atoms with van der Waals surface area (Å²) >= 11 is 0. The fourth-order valence-corrected chi connectivity index (χ4v) is 3.87. The Hall–Kier alpha value is -2.44. The number of carboxylic acids is 1. The number of aryl methyl sites for hydroxylation is 1. The Kier molecular flexibility index (Phi) is 6.93. The number of carbonyl (C=O) groups excluding carboxylic acids is 1. The number of aliphatic carboxylic acids is 1. The highest BCUT2D eigenvalue weighted by Crippen LogP contribution is 2.40. The molecule has 1 aliphatic rings. The number of amides is 1. The largest absolute Gasteiger partial charge is 0.493 e. The fraction of sp³-hybridized carbons (Fsp3) is 0.600. The smallest absolute Gasteiger partial charge is 0.308 e. The van der Waals surface area contributed by atoms with Crippen molar-refractivity contribution >= 4 is 11.9 Å². The second kappa shape index (κ2) is 8.97. The standard InChI is InChI=1S/C20H29NO6/c1-20(12-6-5-7-14(20)19(23)24)21-16(22)11-9-13-8-10-15(25-2)18(27-4)17(13)26-3/h8,10,14H,5-7,9,11-12H2,1-4H3,(H,21,22)(H,23,24). The van der Waals surface area contributed by atoms with E-state index in [2.05, 4.69) is 5.32 Å². The van der Waals surface area contributed by atoms with Crippen LogP contribution in [0, 0.1) is 5.92 Å². The number of benzene rings is 1. The first kappa shape index (κ1) is 20.9. The van der Waals surface area contributed by atoms with E-state index in [0.29, 0.717) is 36.5 Å². The molecule has 0 aromatic heterocycles. The van der Waals surface area contributed by atoms with E-state index in [4.69, 9.17) is 14.2 Å². The van der Waals surface area contributed by atoms with Crippen LogP contribution in [0.4, 0.5) is 0 Å². The zero-order chi connectivity index (χ0) is 20.0. The molecular weight excluding hydrogens is 350 g/mol. The summed E-state index contributed by atoms with van der Waals surface area (Å²) in [6, 6.07) is 3.62. The van der Waals surface area contributed by atoms with E-state index in [1.54, 1.807) is 20.3 Å². The lowest BCUT2D eigenvalue weighted by molar-refractivity contribution is -0.146. The summed E-state index contributed by atoms with van der Waals surface area (Å²) in [6.45, 7) is 1.83. The number of hydrogen-bond acceptors (Lipinski definition) is 5. The Morgan fingerprint density at radius 1 is 1.15 bits per heavy atom. The predicted octanol–water partition coefficient (Wildman–Crippen LogP) is 2.79. The molecule has 2 rings (SSSR count). The van der Waals surface area contributed by atoms with Crippen molar-refractivity contribution in [1.82, 2.24) is 5.32 Å². The Morgan fingerprint density at radius 3 is 2.44 bits per heavy atom. The summed E-state index contributed by atoms with van der Waals surface area (Å²) in [7, 11) is 4.63. The van der Waals surface area contributed by atoms with Crippen LogP contribution in [0.3, 0.4) is 0 Å². The van der Waals surface area contributed by atoms with Gasteiger partial charge in [-0.1, -0.05) is 18.9 Å². The summed E-state index contributed by atoms with van der Waals surface area (Å²) in [5, 5.41) is 12.4. The summed E-state index contributed by atoms with van der Waals surface area (Å²) < 4.78 is 16.1. The molecule has 2 atom stereocenters. The van der Waals surface area contributed by atoms with Crippen LogP contribution < -0.4 is 19.5 Å². The van der Waals surface area contributed by atoms with Crippen LogP contribution in [0.5, 0.6) is 17.2 Å². The van der Waals surface area contributed by atoms with Gasteiger partial charge in [-0.15, -0.1) is 0 Å². The molecule has 0 spiro atoms. The van der Waals surface area contributed by atoms with Crippen LogP contribution >= 0.6 is 0 Å². The minimum absolute atomic E-state index is 0.164. The highest BCUT2D eigenvalue weighted by molar-refractivity contribution is 5.79. The molecule has 2 N–H and O–H groups in total. The van der Waals surface area contributed by atoms with Gasteiger partial charge in [-0.3, -0.25) is 9.59 Å². The van der Waals surface area contributed by atoms with Crippen molar-refractivity contribution in [2.75, 3.05) is 21.3 Å². The number of rotatable bonds is 8. The van der Waals surface area contributed by atoms with Crippen molar-refractivity contribution in [3.8, 4) is 17.2 Å². The number of hydrogen-bond donors (Lipinski definition) is 2. The van der Waals surface area contributed by atoms with Crippen LogP contribution in [0.2, 0.25) is 0 Å². The SMILES string of the molecule is COc1ccc(CCC(=O)NC2(C)CCCCC2C(=O)O)c(OC)c1OC. The maximum Gasteiger partial charge on any atom is 0.308 e. The summed E-state index contributed by atoms with van der Waals surface area (Å²) in [6.07, 6.45) is 3.75. The zero-order valence-corrected chi connectivity index (χ0v) is 16.5. The number of carbonyl (C=O) groups is 2. The van der Waals surface area contributed by atoms with Crippen molar-refractivity contribution in [1.29, 1.82) is 0 Å². The van der Waals surface area contributed by atoms with Gasteiger partial charge in [0.2, 0.25) is 11.7 Å². The van der Waals surface area contributed by atoms with Crippen molar-refractivity contribution in [3.05, 3.63) is 17.7 Å². The van der Waals surface area contributed by atoms with E-state index in [9.17, 15) is 14.7 Å². The third kappa shape index (κ3) is 4.64. The number of nitrogens with one attached hydrogen (secondary N) is 1. The molecular formula is C20H29NO6. The van der Waals surface area contributed by atoms with E-state index in [1.165, 1.54) is 7.11 Å².